The average molecular weight is 282 g/mol. The summed E-state index contributed by atoms with van der Waals surface area (Å²) in [6.07, 6.45) is 0. The number of fused-ring (bicyclic) bond motifs is 1. The lowest BCUT2D eigenvalue weighted by Crippen LogP contribution is -1.85. The van der Waals surface area contributed by atoms with Gasteiger partial charge < -0.3 is 4.98 Å². The second-order valence-electron chi connectivity index (χ2n) is 4.16. The maximum Gasteiger partial charge on any atom is 0.159 e. The Morgan fingerprint density at radius 2 is 1.63 bits per heavy atom. The molecule has 1 N–H and O–H groups in total. The van der Waals surface area contributed by atoms with Gasteiger partial charge in [0.25, 0.3) is 0 Å². The monoisotopic (exact) mass is 281 g/mol. The quantitative estimate of drug-likeness (QED) is 0.652. The third kappa shape index (κ3) is 2.08. The van der Waals surface area contributed by atoms with Gasteiger partial charge in [-0.2, -0.15) is 0 Å². The predicted molar refractivity (Wildman–Crippen MR) is 68.6 cm³/mol. The maximum atomic E-state index is 13.7. The maximum absolute atomic E-state index is 13.7. The Balaban J connectivity index is 2.20. The second-order valence-corrected chi connectivity index (χ2v) is 4.60. The van der Waals surface area contributed by atoms with Gasteiger partial charge in [-0.05, 0) is 36.4 Å². The van der Waals surface area contributed by atoms with Gasteiger partial charge in [0.15, 0.2) is 11.6 Å². The van der Waals surface area contributed by atoms with Crippen LogP contribution in [0.5, 0.6) is 0 Å². The van der Waals surface area contributed by atoms with Crippen LogP contribution in [0.3, 0.4) is 0 Å². The topological polar surface area (TPSA) is 15.8 Å². The van der Waals surface area contributed by atoms with Gasteiger partial charge in [-0.15, -0.1) is 0 Å². The third-order valence-electron chi connectivity index (χ3n) is 2.88. The molecule has 0 amide bonds. The first kappa shape index (κ1) is 12.1. The number of aromatic nitrogens is 1. The first-order valence-corrected chi connectivity index (χ1v) is 5.85. The SMILES string of the molecule is Fc1ccc(-c2cc3cc(Cl)cc(F)c3[nH]2)cc1F. The van der Waals surface area contributed by atoms with Gasteiger partial charge in [-0.3, -0.25) is 0 Å². The molecule has 0 bridgehead atoms. The van der Waals surface area contributed by atoms with Crippen molar-refractivity contribution in [2.75, 3.05) is 0 Å². The van der Waals surface area contributed by atoms with Gasteiger partial charge in [0.1, 0.15) is 5.82 Å². The van der Waals surface area contributed by atoms with Crippen LogP contribution >= 0.6 is 11.6 Å². The Bertz CT molecular complexity index is 780. The number of nitrogens with one attached hydrogen (secondary N) is 1. The molecule has 0 unspecified atom stereocenters. The molecule has 0 fully saturated rings. The minimum Gasteiger partial charge on any atom is -0.352 e. The van der Waals surface area contributed by atoms with Crippen LogP contribution in [0.25, 0.3) is 22.2 Å². The van der Waals surface area contributed by atoms with Crippen molar-refractivity contribution in [2.24, 2.45) is 0 Å². The minimum atomic E-state index is -0.949. The number of H-pyrrole nitrogens is 1. The molecule has 0 aliphatic heterocycles. The molecule has 1 heterocycles. The summed E-state index contributed by atoms with van der Waals surface area (Å²) in [6.45, 7) is 0. The van der Waals surface area contributed by atoms with Gasteiger partial charge >= 0.3 is 0 Å². The molecule has 3 rings (SSSR count). The Morgan fingerprint density at radius 1 is 0.842 bits per heavy atom. The lowest BCUT2D eigenvalue weighted by atomic mass is 10.1. The van der Waals surface area contributed by atoms with Gasteiger partial charge in [0.2, 0.25) is 0 Å². The zero-order chi connectivity index (χ0) is 13.6. The summed E-state index contributed by atoms with van der Waals surface area (Å²) in [6, 6.07) is 7.92. The Labute approximate surface area is 111 Å². The fraction of sp³-hybridized carbons (Fsp3) is 0. The fourth-order valence-corrected chi connectivity index (χ4v) is 2.20. The van der Waals surface area contributed by atoms with Crippen molar-refractivity contribution < 1.29 is 13.2 Å². The van der Waals surface area contributed by atoms with E-state index >= 15 is 0 Å². The number of hydrogen-bond acceptors (Lipinski definition) is 0. The van der Waals surface area contributed by atoms with Crippen LogP contribution in [-0.4, -0.2) is 4.98 Å². The first-order valence-electron chi connectivity index (χ1n) is 5.48. The fourth-order valence-electron chi connectivity index (χ4n) is 1.98. The van der Waals surface area contributed by atoms with Crippen LogP contribution in [0.1, 0.15) is 0 Å². The summed E-state index contributed by atoms with van der Waals surface area (Å²) in [5, 5.41) is 0.852. The van der Waals surface area contributed by atoms with Crippen molar-refractivity contribution in [1.82, 2.24) is 4.98 Å². The number of hydrogen-bond donors (Lipinski definition) is 1. The first-order chi connectivity index (χ1) is 9.04. The number of benzene rings is 2. The number of aromatic amines is 1. The van der Waals surface area contributed by atoms with E-state index in [9.17, 15) is 13.2 Å². The van der Waals surface area contributed by atoms with Gasteiger partial charge in [-0.25, -0.2) is 13.2 Å². The molecule has 96 valence electrons. The zero-order valence-corrected chi connectivity index (χ0v) is 10.2. The highest BCUT2D eigenvalue weighted by molar-refractivity contribution is 6.31. The molecule has 0 aliphatic carbocycles. The molecule has 0 saturated carbocycles. The average Bonchev–Trinajstić information content (AvgIpc) is 2.76. The highest BCUT2D eigenvalue weighted by atomic mass is 35.5. The van der Waals surface area contributed by atoms with Crippen molar-refractivity contribution in [3.05, 3.63) is 58.9 Å². The molecule has 0 atom stereocenters. The van der Waals surface area contributed by atoms with Crippen LogP contribution in [-0.2, 0) is 0 Å². The van der Waals surface area contributed by atoms with Gasteiger partial charge in [-0.1, -0.05) is 11.6 Å². The van der Waals surface area contributed by atoms with E-state index in [1.165, 1.54) is 12.1 Å². The summed E-state index contributed by atoms with van der Waals surface area (Å²) >= 11 is 5.76. The Morgan fingerprint density at radius 3 is 2.37 bits per heavy atom. The minimum absolute atomic E-state index is 0.279. The highest BCUT2D eigenvalue weighted by Gasteiger charge is 2.10. The Hall–Kier alpha value is -1.94. The van der Waals surface area contributed by atoms with Crippen LogP contribution in [0.2, 0.25) is 5.02 Å². The van der Waals surface area contributed by atoms with E-state index in [0.717, 1.165) is 12.1 Å². The predicted octanol–water partition coefficient (Wildman–Crippen LogP) is 4.91. The van der Waals surface area contributed by atoms with E-state index in [4.69, 9.17) is 11.6 Å². The van der Waals surface area contributed by atoms with Gasteiger partial charge in [0, 0.05) is 21.7 Å². The summed E-state index contributed by atoms with van der Waals surface area (Å²) < 4.78 is 39.7. The molecule has 1 nitrogen and oxygen atoms in total. The summed E-state index contributed by atoms with van der Waals surface area (Å²) in [4.78, 5) is 2.83. The lowest BCUT2D eigenvalue weighted by molar-refractivity contribution is 0.509. The highest BCUT2D eigenvalue weighted by Crippen LogP contribution is 2.28. The van der Waals surface area contributed by atoms with E-state index in [1.54, 1.807) is 12.1 Å². The summed E-state index contributed by atoms with van der Waals surface area (Å²) in [7, 11) is 0. The summed E-state index contributed by atoms with van der Waals surface area (Å²) in [5.74, 6) is -2.36. The second kappa shape index (κ2) is 4.31. The molecule has 5 heteroatoms. The van der Waals surface area contributed by atoms with E-state index < -0.39 is 17.5 Å². The molecular formula is C14H7ClF3N. The van der Waals surface area contributed by atoms with Crippen LogP contribution in [0.15, 0.2) is 36.4 Å². The Kier molecular flexibility index (Phi) is 2.75. The molecule has 0 radical (unpaired) electrons. The smallest absolute Gasteiger partial charge is 0.159 e. The normalized spacial score (nSPS) is 11.2. The molecule has 0 aliphatic rings. The van der Waals surface area contributed by atoms with E-state index in [1.807, 2.05) is 0 Å². The molecular weight excluding hydrogens is 275 g/mol. The molecule has 1 aromatic heterocycles. The van der Waals surface area contributed by atoms with Crippen molar-refractivity contribution in [2.45, 2.75) is 0 Å². The van der Waals surface area contributed by atoms with E-state index in [2.05, 4.69) is 4.98 Å². The van der Waals surface area contributed by atoms with Crippen molar-refractivity contribution in [3.63, 3.8) is 0 Å². The van der Waals surface area contributed by atoms with Crippen LogP contribution in [0.4, 0.5) is 13.2 Å². The summed E-state index contributed by atoms with van der Waals surface area (Å²) in [5.41, 5.74) is 1.21. The van der Waals surface area contributed by atoms with Gasteiger partial charge in [0.05, 0.1) is 5.52 Å². The molecule has 3 aromatic rings. The molecule has 0 spiro atoms. The van der Waals surface area contributed by atoms with Crippen molar-refractivity contribution in [3.8, 4) is 11.3 Å². The largest absolute Gasteiger partial charge is 0.352 e. The van der Waals surface area contributed by atoms with Crippen molar-refractivity contribution in [1.29, 1.82) is 0 Å². The standard InChI is InChI=1S/C14H7ClF3N/c15-9-3-8-5-13(19-14(8)12(18)6-9)7-1-2-10(16)11(17)4-7/h1-6,19H. The van der Waals surface area contributed by atoms with E-state index in [-0.39, 0.29) is 10.5 Å². The molecule has 19 heavy (non-hydrogen) atoms. The van der Waals surface area contributed by atoms with Crippen molar-refractivity contribution >= 4 is 22.5 Å². The third-order valence-corrected chi connectivity index (χ3v) is 3.09. The van der Waals surface area contributed by atoms with Crippen LogP contribution in [0, 0.1) is 17.5 Å². The lowest BCUT2D eigenvalue weighted by Gasteiger charge is -1.98. The zero-order valence-electron chi connectivity index (χ0n) is 9.48. The van der Waals surface area contributed by atoms with E-state index in [0.29, 0.717) is 16.6 Å². The number of rotatable bonds is 1. The number of halogens is 4. The molecule has 0 saturated heterocycles. The molecule has 2 aromatic carbocycles. The van der Waals surface area contributed by atoms with Crippen LogP contribution < -0.4 is 0 Å².